The fourth-order valence-electron chi connectivity index (χ4n) is 1.83. The van der Waals surface area contributed by atoms with Crippen LogP contribution in [0.25, 0.3) is 0 Å². The van der Waals surface area contributed by atoms with Crippen LogP contribution in [0.1, 0.15) is 17.7 Å². The predicted octanol–water partition coefficient (Wildman–Crippen LogP) is 1.93. The van der Waals surface area contributed by atoms with Gasteiger partial charge in [0.15, 0.2) is 0 Å². The van der Waals surface area contributed by atoms with Crippen LogP contribution in [0, 0.1) is 0 Å². The van der Waals surface area contributed by atoms with Crippen molar-refractivity contribution in [2.75, 3.05) is 0 Å². The van der Waals surface area contributed by atoms with Crippen molar-refractivity contribution in [1.82, 2.24) is 0 Å². The van der Waals surface area contributed by atoms with Gasteiger partial charge in [0.1, 0.15) is 0 Å². The highest BCUT2D eigenvalue weighted by molar-refractivity contribution is 5.86. The van der Waals surface area contributed by atoms with Crippen molar-refractivity contribution in [3.8, 4) is 0 Å². The molecular weight excluding hydrogens is 206 g/mol. The van der Waals surface area contributed by atoms with Gasteiger partial charge in [-0.05, 0) is 12.1 Å². The fourth-order valence-corrected chi connectivity index (χ4v) is 1.83. The van der Waals surface area contributed by atoms with E-state index in [2.05, 4.69) is 0 Å². The van der Waals surface area contributed by atoms with Crippen LogP contribution < -0.4 is 0 Å². The number of furan rings is 1. The van der Waals surface area contributed by atoms with Crippen LogP contribution in [0.2, 0.25) is 0 Å². The molecule has 0 amide bonds. The predicted molar refractivity (Wildman–Crippen MR) is 56.8 cm³/mol. The van der Waals surface area contributed by atoms with Gasteiger partial charge >= 0.3 is 12.1 Å². The summed E-state index contributed by atoms with van der Waals surface area (Å²) in [5.41, 5.74) is 0.717. The molecule has 1 aromatic heterocycles. The molecule has 1 unspecified atom stereocenters. The Labute approximate surface area is 91.7 Å². The van der Waals surface area contributed by atoms with Crippen LogP contribution in [0.3, 0.4) is 0 Å². The molecule has 2 bridgehead atoms. The molecule has 1 aromatic carbocycles. The molecule has 0 fully saturated rings. The SMILES string of the molecule is OC1=[N+](c2ccccc2)C(O)c2ccc1o2. The molecule has 0 aliphatic carbocycles. The monoisotopic (exact) mass is 216 g/mol. The van der Waals surface area contributed by atoms with Gasteiger partial charge in [-0.15, -0.1) is 4.58 Å². The Morgan fingerprint density at radius 1 is 1.06 bits per heavy atom. The Bertz CT molecular complexity index is 557. The van der Waals surface area contributed by atoms with Crippen LogP contribution in [-0.2, 0) is 0 Å². The summed E-state index contributed by atoms with van der Waals surface area (Å²) < 4.78 is 6.64. The molecule has 0 saturated heterocycles. The Hall–Kier alpha value is -2.07. The highest BCUT2D eigenvalue weighted by Gasteiger charge is 2.37. The number of hydrogen-bond donors (Lipinski definition) is 2. The van der Waals surface area contributed by atoms with Gasteiger partial charge in [-0.1, -0.05) is 18.2 Å². The number of fused-ring (bicyclic) bond motifs is 2. The minimum Gasteiger partial charge on any atom is -0.457 e. The van der Waals surface area contributed by atoms with E-state index in [0.29, 0.717) is 11.5 Å². The lowest BCUT2D eigenvalue weighted by Gasteiger charge is -2.11. The third-order valence-corrected chi connectivity index (χ3v) is 2.61. The zero-order valence-corrected chi connectivity index (χ0v) is 8.37. The van der Waals surface area contributed by atoms with Gasteiger partial charge in [-0.3, -0.25) is 0 Å². The number of para-hydroxylation sites is 1. The van der Waals surface area contributed by atoms with E-state index in [1.54, 1.807) is 12.1 Å². The molecule has 16 heavy (non-hydrogen) atoms. The van der Waals surface area contributed by atoms with Gasteiger partial charge in [-0.25, -0.2) is 0 Å². The van der Waals surface area contributed by atoms with Gasteiger partial charge in [-0.2, -0.15) is 0 Å². The summed E-state index contributed by atoms with van der Waals surface area (Å²) in [6.45, 7) is 0. The Balaban J connectivity index is 2.20. The minimum atomic E-state index is -0.982. The highest BCUT2D eigenvalue weighted by atomic mass is 16.4. The number of aliphatic hydroxyl groups is 2. The van der Waals surface area contributed by atoms with E-state index in [-0.39, 0.29) is 5.90 Å². The average molecular weight is 216 g/mol. The molecule has 4 heteroatoms. The third-order valence-electron chi connectivity index (χ3n) is 2.61. The van der Waals surface area contributed by atoms with Crippen molar-refractivity contribution in [3.63, 3.8) is 0 Å². The summed E-state index contributed by atoms with van der Waals surface area (Å²) >= 11 is 0. The Morgan fingerprint density at radius 3 is 2.56 bits per heavy atom. The van der Waals surface area contributed by atoms with E-state index < -0.39 is 6.23 Å². The lowest BCUT2D eigenvalue weighted by Crippen LogP contribution is -2.24. The van der Waals surface area contributed by atoms with E-state index in [1.807, 2.05) is 30.3 Å². The van der Waals surface area contributed by atoms with Crippen LogP contribution >= 0.6 is 0 Å². The molecule has 2 aromatic rings. The second kappa shape index (κ2) is 3.21. The van der Waals surface area contributed by atoms with Crippen LogP contribution in [-0.4, -0.2) is 20.7 Å². The zero-order chi connectivity index (χ0) is 11.1. The maximum Gasteiger partial charge on any atom is 0.412 e. The number of benzene rings is 1. The topological polar surface area (TPSA) is 56.6 Å². The van der Waals surface area contributed by atoms with Crippen molar-refractivity contribution in [2.24, 2.45) is 0 Å². The smallest absolute Gasteiger partial charge is 0.412 e. The number of nitrogens with zero attached hydrogens (tertiary/aromatic N) is 1. The fraction of sp³-hybridized carbons (Fsp3) is 0.0833. The van der Waals surface area contributed by atoms with E-state index in [4.69, 9.17) is 4.42 Å². The summed E-state index contributed by atoms with van der Waals surface area (Å²) in [5, 5.41) is 19.9. The summed E-state index contributed by atoms with van der Waals surface area (Å²) in [7, 11) is 0. The second-order valence-electron chi connectivity index (χ2n) is 3.60. The van der Waals surface area contributed by atoms with Crippen molar-refractivity contribution < 1.29 is 19.2 Å². The van der Waals surface area contributed by atoms with E-state index in [9.17, 15) is 10.2 Å². The first-order valence-electron chi connectivity index (χ1n) is 4.96. The zero-order valence-electron chi connectivity index (χ0n) is 8.37. The van der Waals surface area contributed by atoms with Gasteiger partial charge in [0, 0.05) is 12.1 Å². The first kappa shape index (κ1) is 9.18. The molecule has 0 spiro atoms. The standard InChI is InChI=1S/C12H9NO3/c14-11-9-6-7-10(16-9)12(15)13(11)8-4-2-1-3-5-8/h1-7,11,14H/p+1. The van der Waals surface area contributed by atoms with Crippen LogP contribution in [0.4, 0.5) is 5.69 Å². The van der Waals surface area contributed by atoms with Crippen molar-refractivity contribution >= 4 is 11.6 Å². The number of rotatable bonds is 1. The second-order valence-corrected chi connectivity index (χ2v) is 3.60. The molecule has 0 radical (unpaired) electrons. The largest absolute Gasteiger partial charge is 0.457 e. The van der Waals surface area contributed by atoms with Crippen LogP contribution in [0.15, 0.2) is 46.9 Å². The quantitative estimate of drug-likeness (QED) is 0.716. The molecular formula is C12H10NO3+. The molecule has 1 aliphatic rings. The highest BCUT2D eigenvalue weighted by Crippen LogP contribution is 2.29. The Kier molecular flexibility index (Phi) is 1.84. The van der Waals surface area contributed by atoms with Crippen LogP contribution in [0.5, 0.6) is 0 Å². The first-order chi connectivity index (χ1) is 7.77. The summed E-state index contributed by atoms with van der Waals surface area (Å²) in [5.74, 6) is 0.719. The van der Waals surface area contributed by atoms with Crippen molar-refractivity contribution in [1.29, 1.82) is 0 Å². The summed E-state index contributed by atoms with van der Waals surface area (Å²) in [6, 6.07) is 12.5. The van der Waals surface area contributed by atoms with Crippen molar-refractivity contribution in [2.45, 2.75) is 6.23 Å². The van der Waals surface area contributed by atoms with Crippen molar-refractivity contribution in [3.05, 3.63) is 54.0 Å². The van der Waals surface area contributed by atoms with Gasteiger partial charge in [0.05, 0.1) is 0 Å². The number of aliphatic hydroxyl groups excluding tert-OH is 2. The molecule has 2 heterocycles. The molecule has 3 rings (SSSR count). The van der Waals surface area contributed by atoms with Gasteiger partial charge in [0.25, 0.3) is 0 Å². The lowest BCUT2D eigenvalue weighted by atomic mass is 10.3. The minimum absolute atomic E-state index is 0.0730. The molecule has 1 atom stereocenters. The molecule has 80 valence electrons. The summed E-state index contributed by atoms with van der Waals surface area (Å²) in [4.78, 5) is 0. The third kappa shape index (κ3) is 1.17. The summed E-state index contributed by atoms with van der Waals surface area (Å²) in [6.07, 6.45) is -0.982. The molecule has 4 nitrogen and oxygen atoms in total. The molecule has 1 aliphatic heterocycles. The van der Waals surface area contributed by atoms with Gasteiger partial charge in [0.2, 0.25) is 17.2 Å². The maximum atomic E-state index is 10.00. The van der Waals surface area contributed by atoms with Gasteiger partial charge < -0.3 is 14.6 Å². The lowest BCUT2D eigenvalue weighted by molar-refractivity contribution is -0.558. The van der Waals surface area contributed by atoms with E-state index in [0.717, 1.165) is 5.69 Å². The average Bonchev–Trinajstić information content (AvgIpc) is 2.75. The molecule has 2 N–H and O–H groups in total. The Morgan fingerprint density at radius 2 is 1.81 bits per heavy atom. The first-order valence-corrected chi connectivity index (χ1v) is 4.96. The number of hydrogen-bond acceptors (Lipinski definition) is 2. The molecule has 0 saturated carbocycles. The van der Waals surface area contributed by atoms with E-state index in [1.165, 1.54) is 4.58 Å². The maximum absolute atomic E-state index is 10.00. The van der Waals surface area contributed by atoms with E-state index >= 15 is 0 Å². The normalized spacial score (nSPS) is 18.9.